The van der Waals surface area contributed by atoms with Gasteiger partial charge in [0.25, 0.3) is 0 Å². The SMILES string of the molecule is CCNC(=O)C(C)N(Cc1cccc(C)c1)C(=O)CC. The molecule has 110 valence electrons. The second kappa shape index (κ2) is 7.68. The Balaban J connectivity index is 2.89. The van der Waals surface area contributed by atoms with E-state index in [1.54, 1.807) is 11.8 Å². The lowest BCUT2D eigenvalue weighted by Crippen LogP contribution is -2.47. The van der Waals surface area contributed by atoms with Crippen molar-refractivity contribution in [1.29, 1.82) is 0 Å². The van der Waals surface area contributed by atoms with Gasteiger partial charge in [-0.25, -0.2) is 0 Å². The van der Waals surface area contributed by atoms with Gasteiger partial charge in [-0.15, -0.1) is 0 Å². The third-order valence-corrected chi connectivity index (χ3v) is 3.26. The number of hydrogen-bond acceptors (Lipinski definition) is 2. The molecule has 1 unspecified atom stereocenters. The summed E-state index contributed by atoms with van der Waals surface area (Å²) < 4.78 is 0. The molecule has 0 saturated carbocycles. The van der Waals surface area contributed by atoms with Crippen LogP contribution >= 0.6 is 0 Å². The first-order valence-corrected chi connectivity index (χ1v) is 7.12. The maximum atomic E-state index is 12.1. The summed E-state index contributed by atoms with van der Waals surface area (Å²) in [5, 5.41) is 2.77. The molecule has 0 radical (unpaired) electrons. The van der Waals surface area contributed by atoms with Crippen LogP contribution in [0, 0.1) is 6.92 Å². The molecule has 0 aromatic heterocycles. The molecule has 0 bridgehead atoms. The number of likely N-dealkylation sites (N-methyl/N-ethyl adjacent to an activating group) is 1. The zero-order chi connectivity index (χ0) is 15.1. The van der Waals surface area contributed by atoms with Crippen LogP contribution in [0.25, 0.3) is 0 Å². The molecule has 0 aliphatic heterocycles. The molecule has 1 N–H and O–H groups in total. The van der Waals surface area contributed by atoms with Crippen LogP contribution in [-0.2, 0) is 16.1 Å². The van der Waals surface area contributed by atoms with E-state index in [2.05, 4.69) is 5.32 Å². The summed E-state index contributed by atoms with van der Waals surface area (Å²) in [6, 6.07) is 7.55. The lowest BCUT2D eigenvalue weighted by atomic mass is 10.1. The highest BCUT2D eigenvalue weighted by Crippen LogP contribution is 2.12. The smallest absolute Gasteiger partial charge is 0.242 e. The van der Waals surface area contributed by atoms with E-state index in [0.29, 0.717) is 19.5 Å². The predicted molar refractivity (Wildman–Crippen MR) is 80.2 cm³/mol. The molecular formula is C16H24N2O2. The maximum absolute atomic E-state index is 12.1. The monoisotopic (exact) mass is 276 g/mol. The topological polar surface area (TPSA) is 49.4 Å². The van der Waals surface area contributed by atoms with Crippen LogP contribution in [-0.4, -0.2) is 29.3 Å². The van der Waals surface area contributed by atoms with Crippen molar-refractivity contribution in [3.63, 3.8) is 0 Å². The van der Waals surface area contributed by atoms with Gasteiger partial charge in [-0.3, -0.25) is 9.59 Å². The number of hydrogen-bond donors (Lipinski definition) is 1. The fourth-order valence-corrected chi connectivity index (χ4v) is 2.11. The molecule has 0 spiro atoms. The molecule has 1 aromatic carbocycles. The molecule has 0 heterocycles. The van der Waals surface area contributed by atoms with Crippen molar-refractivity contribution in [2.24, 2.45) is 0 Å². The van der Waals surface area contributed by atoms with E-state index in [9.17, 15) is 9.59 Å². The fraction of sp³-hybridized carbons (Fsp3) is 0.500. The third kappa shape index (κ3) is 4.37. The molecule has 4 nitrogen and oxygen atoms in total. The van der Waals surface area contributed by atoms with E-state index in [4.69, 9.17) is 0 Å². The van der Waals surface area contributed by atoms with Gasteiger partial charge < -0.3 is 10.2 Å². The van der Waals surface area contributed by atoms with Gasteiger partial charge in [-0.05, 0) is 26.3 Å². The summed E-state index contributed by atoms with van der Waals surface area (Å²) >= 11 is 0. The number of carbonyl (C=O) groups excluding carboxylic acids is 2. The molecule has 0 fully saturated rings. The van der Waals surface area contributed by atoms with Crippen molar-refractivity contribution in [3.8, 4) is 0 Å². The van der Waals surface area contributed by atoms with Crippen LogP contribution in [0.1, 0.15) is 38.3 Å². The van der Waals surface area contributed by atoms with Gasteiger partial charge in [0.1, 0.15) is 6.04 Å². The summed E-state index contributed by atoms with van der Waals surface area (Å²) in [6.45, 7) is 8.51. The number of nitrogens with zero attached hydrogens (tertiary/aromatic N) is 1. The highest BCUT2D eigenvalue weighted by Gasteiger charge is 2.24. The van der Waals surface area contributed by atoms with Crippen molar-refractivity contribution in [3.05, 3.63) is 35.4 Å². The maximum Gasteiger partial charge on any atom is 0.242 e. The summed E-state index contributed by atoms with van der Waals surface area (Å²) in [5.74, 6) is -0.118. The van der Waals surface area contributed by atoms with Crippen molar-refractivity contribution in [2.75, 3.05) is 6.54 Å². The Kier molecular flexibility index (Phi) is 6.22. The summed E-state index contributed by atoms with van der Waals surface area (Å²) in [4.78, 5) is 25.7. The number of carbonyl (C=O) groups is 2. The van der Waals surface area contributed by atoms with Gasteiger partial charge in [-0.1, -0.05) is 36.8 Å². The van der Waals surface area contributed by atoms with Crippen LogP contribution < -0.4 is 5.32 Å². The van der Waals surface area contributed by atoms with Gasteiger partial charge in [0.15, 0.2) is 0 Å². The van der Waals surface area contributed by atoms with E-state index >= 15 is 0 Å². The normalized spacial score (nSPS) is 11.8. The Morgan fingerprint density at radius 3 is 2.55 bits per heavy atom. The van der Waals surface area contributed by atoms with Gasteiger partial charge in [0.2, 0.25) is 11.8 Å². The van der Waals surface area contributed by atoms with E-state index in [-0.39, 0.29) is 11.8 Å². The first-order chi connectivity index (χ1) is 9.49. The molecular weight excluding hydrogens is 252 g/mol. The molecule has 0 aliphatic carbocycles. The average molecular weight is 276 g/mol. The number of benzene rings is 1. The largest absolute Gasteiger partial charge is 0.355 e. The number of nitrogens with one attached hydrogen (secondary N) is 1. The van der Waals surface area contributed by atoms with E-state index < -0.39 is 6.04 Å². The Hall–Kier alpha value is -1.84. The zero-order valence-corrected chi connectivity index (χ0v) is 12.8. The molecule has 20 heavy (non-hydrogen) atoms. The molecule has 0 saturated heterocycles. The summed E-state index contributed by atoms with van der Waals surface area (Å²) in [7, 11) is 0. The van der Waals surface area contributed by atoms with Crippen LogP contribution in [0.5, 0.6) is 0 Å². The van der Waals surface area contributed by atoms with Crippen LogP contribution in [0.4, 0.5) is 0 Å². The molecule has 2 amide bonds. The Bertz CT molecular complexity index is 471. The van der Waals surface area contributed by atoms with Crippen molar-refractivity contribution >= 4 is 11.8 Å². The minimum absolute atomic E-state index is 0.00902. The van der Waals surface area contributed by atoms with Crippen LogP contribution in [0.2, 0.25) is 0 Å². The van der Waals surface area contributed by atoms with Crippen molar-refractivity contribution in [2.45, 2.75) is 46.7 Å². The first-order valence-electron chi connectivity index (χ1n) is 7.12. The minimum Gasteiger partial charge on any atom is -0.355 e. The number of rotatable bonds is 6. The van der Waals surface area contributed by atoms with Gasteiger partial charge >= 0.3 is 0 Å². The Morgan fingerprint density at radius 1 is 1.30 bits per heavy atom. The van der Waals surface area contributed by atoms with Crippen molar-refractivity contribution < 1.29 is 9.59 Å². The lowest BCUT2D eigenvalue weighted by Gasteiger charge is -2.28. The van der Waals surface area contributed by atoms with Gasteiger partial charge in [0, 0.05) is 19.5 Å². The first kappa shape index (κ1) is 16.2. The molecule has 1 atom stereocenters. The second-order valence-corrected chi connectivity index (χ2v) is 4.93. The highest BCUT2D eigenvalue weighted by molar-refractivity contribution is 5.87. The average Bonchev–Trinajstić information content (AvgIpc) is 2.43. The van der Waals surface area contributed by atoms with Gasteiger partial charge in [-0.2, -0.15) is 0 Å². The molecule has 1 aromatic rings. The summed E-state index contributed by atoms with van der Waals surface area (Å²) in [5.41, 5.74) is 2.19. The highest BCUT2D eigenvalue weighted by atomic mass is 16.2. The number of amides is 2. The third-order valence-electron chi connectivity index (χ3n) is 3.26. The Labute approximate surface area is 121 Å². The second-order valence-electron chi connectivity index (χ2n) is 4.93. The predicted octanol–water partition coefficient (Wildman–Crippen LogP) is 2.26. The quantitative estimate of drug-likeness (QED) is 0.866. The Morgan fingerprint density at radius 2 is 2.00 bits per heavy atom. The lowest BCUT2D eigenvalue weighted by molar-refractivity contribution is -0.140. The van der Waals surface area contributed by atoms with Gasteiger partial charge in [0.05, 0.1) is 0 Å². The van der Waals surface area contributed by atoms with E-state index in [1.165, 1.54) is 0 Å². The molecule has 4 heteroatoms. The zero-order valence-electron chi connectivity index (χ0n) is 12.8. The summed E-state index contributed by atoms with van der Waals surface area (Å²) in [6.07, 6.45) is 0.398. The fourth-order valence-electron chi connectivity index (χ4n) is 2.11. The van der Waals surface area contributed by atoms with E-state index in [0.717, 1.165) is 11.1 Å². The molecule has 1 rings (SSSR count). The van der Waals surface area contributed by atoms with E-state index in [1.807, 2.05) is 45.0 Å². The number of aryl methyl sites for hydroxylation is 1. The molecule has 0 aliphatic rings. The standard InChI is InChI=1S/C16H24N2O2/c1-5-15(19)18(13(4)16(20)17-6-2)11-14-9-7-8-12(3)10-14/h7-10,13H,5-6,11H2,1-4H3,(H,17,20). The minimum atomic E-state index is -0.456. The van der Waals surface area contributed by atoms with Crippen LogP contribution in [0.3, 0.4) is 0 Å². The van der Waals surface area contributed by atoms with Crippen LogP contribution in [0.15, 0.2) is 24.3 Å². The van der Waals surface area contributed by atoms with Crippen molar-refractivity contribution in [1.82, 2.24) is 10.2 Å².